The first-order chi connectivity index (χ1) is 13.0. The third kappa shape index (κ3) is 4.46. The third-order valence-electron chi connectivity index (χ3n) is 3.97. The lowest BCUT2D eigenvalue weighted by molar-refractivity contribution is -0.121. The monoisotopic (exact) mass is 389 g/mol. The highest BCUT2D eigenvalue weighted by molar-refractivity contribution is 6.30. The highest BCUT2D eigenvalue weighted by Gasteiger charge is 2.12. The van der Waals surface area contributed by atoms with Gasteiger partial charge in [-0.2, -0.15) is 0 Å². The lowest BCUT2D eigenvalue weighted by Crippen LogP contribution is -2.35. The quantitative estimate of drug-likeness (QED) is 0.621. The van der Waals surface area contributed by atoms with Crippen molar-refractivity contribution in [1.82, 2.24) is 24.3 Å². The van der Waals surface area contributed by atoms with Gasteiger partial charge in [-0.05, 0) is 38.5 Å². The second kappa shape index (κ2) is 8.22. The van der Waals surface area contributed by atoms with E-state index in [1.54, 1.807) is 26.0 Å². The minimum absolute atomic E-state index is 0.104. The first-order valence-electron chi connectivity index (χ1n) is 8.52. The Kier molecular flexibility index (Phi) is 5.75. The van der Waals surface area contributed by atoms with Crippen molar-refractivity contribution in [2.75, 3.05) is 13.2 Å². The lowest BCUT2D eigenvalue weighted by atomic mass is 10.3. The van der Waals surface area contributed by atoms with Gasteiger partial charge in [-0.25, -0.2) is 19.2 Å². The fraction of sp³-hybridized carbons (Fsp3) is 0.333. The molecule has 1 amide bonds. The zero-order valence-electron chi connectivity index (χ0n) is 15.1. The topological polar surface area (TPSA) is 90.5 Å². The van der Waals surface area contributed by atoms with Crippen molar-refractivity contribution in [2.24, 2.45) is 0 Å². The Hall–Kier alpha value is -2.87. The number of carbonyl (C=O) groups excluding carboxylic acids is 1. The van der Waals surface area contributed by atoms with Crippen molar-refractivity contribution < 1.29 is 9.53 Å². The molecule has 1 N–H and O–H groups in total. The number of halogens is 1. The Morgan fingerprint density at radius 2 is 2.15 bits per heavy atom. The molecular weight excluding hydrogens is 370 g/mol. The van der Waals surface area contributed by atoms with Gasteiger partial charge in [-0.1, -0.05) is 17.7 Å². The van der Waals surface area contributed by atoms with E-state index in [1.165, 1.54) is 15.3 Å². The van der Waals surface area contributed by atoms with Crippen molar-refractivity contribution >= 4 is 23.2 Å². The molecule has 0 bridgehead atoms. The van der Waals surface area contributed by atoms with Crippen LogP contribution in [0.2, 0.25) is 5.02 Å². The van der Waals surface area contributed by atoms with Gasteiger partial charge in [0.1, 0.15) is 24.4 Å². The van der Waals surface area contributed by atoms with Gasteiger partial charge in [0.2, 0.25) is 5.91 Å². The number of aryl methyl sites for hydroxylation is 2. The molecule has 8 nitrogen and oxygen atoms in total. The molecule has 0 aliphatic carbocycles. The van der Waals surface area contributed by atoms with E-state index >= 15 is 0 Å². The highest BCUT2D eigenvalue weighted by atomic mass is 35.5. The number of amides is 1. The maximum atomic E-state index is 12.5. The second-order valence-electron chi connectivity index (χ2n) is 6.07. The van der Waals surface area contributed by atoms with Crippen LogP contribution in [0.5, 0.6) is 5.75 Å². The van der Waals surface area contributed by atoms with E-state index in [-0.39, 0.29) is 18.1 Å². The summed E-state index contributed by atoms with van der Waals surface area (Å²) in [6, 6.07) is 7.14. The summed E-state index contributed by atoms with van der Waals surface area (Å²) in [5, 5.41) is 3.38. The summed E-state index contributed by atoms with van der Waals surface area (Å²) in [5.41, 5.74) is 0.853. The molecule has 3 aromatic rings. The maximum absolute atomic E-state index is 12.5. The minimum Gasteiger partial charge on any atom is -0.493 e. The molecule has 0 spiro atoms. The molecule has 0 saturated carbocycles. The van der Waals surface area contributed by atoms with Gasteiger partial charge >= 0.3 is 5.69 Å². The molecule has 27 heavy (non-hydrogen) atoms. The molecule has 0 fully saturated rings. The Balaban J connectivity index is 1.50. The predicted molar refractivity (Wildman–Crippen MR) is 101 cm³/mol. The number of hydrogen-bond acceptors (Lipinski definition) is 5. The van der Waals surface area contributed by atoms with E-state index in [0.29, 0.717) is 47.5 Å². The maximum Gasteiger partial charge on any atom is 0.337 e. The summed E-state index contributed by atoms with van der Waals surface area (Å²) in [4.78, 5) is 33.0. The molecule has 2 heterocycles. The molecule has 0 aliphatic rings. The molecule has 2 aromatic heterocycles. The Morgan fingerprint density at radius 3 is 2.93 bits per heavy atom. The molecular formula is C18H20ClN5O3. The summed E-state index contributed by atoms with van der Waals surface area (Å²) >= 11 is 5.89. The van der Waals surface area contributed by atoms with Gasteiger partial charge in [-0.3, -0.25) is 9.36 Å². The van der Waals surface area contributed by atoms with E-state index in [4.69, 9.17) is 16.3 Å². The summed E-state index contributed by atoms with van der Waals surface area (Å²) in [5.74, 6) is 0.967. The minimum atomic E-state index is -0.336. The zero-order chi connectivity index (χ0) is 19.4. The van der Waals surface area contributed by atoms with E-state index in [2.05, 4.69) is 15.3 Å². The largest absolute Gasteiger partial charge is 0.493 e. The van der Waals surface area contributed by atoms with E-state index in [0.717, 1.165) is 0 Å². The van der Waals surface area contributed by atoms with Crippen LogP contribution in [0.1, 0.15) is 17.9 Å². The number of nitrogens with zero attached hydrogens (tertiary/aromatic N) is 4. The highest BCUT2D eigenvalue weighted by Crippen LogP contribution is 2.17. The number of rotatable bonds is 7. The van der Waals surface area contributed by atoms with E-state index in [9.17, 15) is 9.59 Å². The van der Waals surface area contributed by atoms with Gasteiger partial charge in [-0.15, -0.1) is 0 Å². The van der Waals surface area contributed by atoms with Gasteiger partial charge < -0.3 is 10.1 Å². The first-order valence-corrected chi connectivity index (χ1v) is 8.89. The number of hydrogen-bond donors (Lipinski definition) is 1. The zero-order valence-corrected chi connectivity index (χ0v) is 15.9. The van der Waals surface area contributed by atoms with Crippen molar-refractivity contribution in [3.05, 3.63) is 57.6 Å². The summed E-state index contributed by atoms with van der Waals surface area (Å²) in [6.45, 7) is 4.30. The molecule has 9 heteroatoms. The Bertz CT molecular complexity index is 1030. The number of ether oxygens (including phenoxy) is 1. The normalized spacial score (nSPS) is 10.9. The Labute approximate surface area is 160 Å². The summed E-state index contributed by atoms with van der Waals surface area (Å²) < 4.78 is 8.23. The molecule has 1 aromatic carbocycles. The SMILES string of the molecule is Cc1nc(C)n2c(=O)n(CC(=O)NCCCOc3cccc(Cl)c3)cnc12. The molecule has 0 aliphatic heterocycles. The predicted octanol–water partition coefficient (Wildman–Crippen LogP) is 1.75. The van der Waals surface area contributed by atoms with Gasteiger partial charge in [0, 0.05) is 11.6 Å². The number of fused-ring (bicyclic) bond motifs is 1. The average molecular weight is 390 g/mol. The number of imidazole rings is 1. The van der Waals surface area contributed by atoms with Crippen molar-refractivity contribution in [3.8, 4) is 5.75 Å². The second-order valence-corrected chi connectivity index (χ2v) is 6.50. The Morgan fingerprint density at radius 1 is 1.33 bits per heavy atom. The fourth-order valence-corrected chi connectivity index (χ4v) is 2.89. The molecule has 0 saturated heterocycles. The summed E-state index contributed by atoms with van der Waals surface area (Å²) in [6.07, 6.45) is 2.00. The molecule has 3 rings (SSSR count). The smallest absolute Gasteiger partial charge is 0.337 e. The van der Waals surface area contributed by atoms with Gasteiger partial charge in [0.25, 0.3) is 0 Å². The van der Waals surface area contributed by atoms with Crippen LogP contribution in [0, 0.1) is 13.8 Å². The average Bonchev–Trinajstić information content (AvgIpc) is 2.91. The van der Waals surface area contributed by atoms with E-state index in [1.807, 2.05) is 12.1 Å². The van der Waals surface area contributed by atoms with E-state index < -0.39 is 0 Å². The number of aromatic nitrogens is 4. The molecule has 0 radical (unpaired) electrons. The van der Waals surface area contributed by atoms with Crippen LogP contribution < -0.4 is 15.7 Å². The summed E-state index contributed by atoms with van der Waals surface area (Å²) in [7, 11) is 0. The van der Waals surface area contributed by atoms with Crippen LogP contribution in [0.3, 0.4) is 0 Å². The van der Waals surface area contributed by atoms with Crippen LogP contribution in [0.25, 0.3) is 5.65 Å². The van der Waals surface area contributed by atoms with Crippen LogP contribution in [0.4, 0.5) is 0 Å². The molecule has 0 atom stereocenters. The molecule has 142 valence electrons. The molecule has 0 unspecified atom stereocenters. The first kappa shape index (κ1) is 18.9. The van der Waals surface area contributed by atoms with Gasteiger partial charge in [0.15, 0.2) is 5.65 Å². The van der Waals surface area contributed by atoms with Crippen molar-refractivity contribution in [2.45, 2.75) is 26.8 Å². The van der Waals surface area contributed by atoms with Crippen LogP contribution >= 0.6 is 11.6 Å². The number of nitrogens with one attached hydrogen (secondary N) is 1. The van der Waals surface area contributed by atoms with Crippen LogP contribution in [0.15, 0.2) is 35.4 Å². The fourth-order valence-electron chi connectivity index (χ4n) is 2.71. The number of carbonyl (C=O) groups is 1. The van der Waals surface area contributed by atoms with Crippen LogP contribution in [-0.4, -0.2) is 38.0 Å². The van der Waals surface area contributed by atoms with Crippen molar-refractivity contribution in [1.29, 1.82) is 0 Å². The van der Waals surface area contributed by atoms with Gasteiger partial charge in [0.05, 0.1) is 12.3 Å². The third-order valence-corrected chi connectivity index (χ3v) is 4.20. The van der Waals surface area contributed by atoms with Crippen LogP contribution in [-0.2, 0) is 11.3 Å². The number of benzene rings is 1. The standard InChI is InChI=1S/C18H20ClN5O3/c1-12-17-21-11-23(18(26)24(17)13(2)22-12)10-16(25)20-7-4-8-27-15-6-3-5-14(19)9-15/h3,5-6,9,11H,4,7-8,10H2,1-2H3,(H,20,25). The van der Waals surface area contributed by atoms with Crippen molar-refractivity contribution in [3.63, 3.8) is 0 Å². The lowest BCUT2D eigenvalue weighted by Gasteiger charge is -2.09.